The van der Waals surface area contributed by atoms with Crippen LogP contribution in [0.15, 0.2) is 24.3 Å². The second kappa shape index (κ2) is 55.3. The van der Waals surface area contributed by atoms with Gasteiger partial charge in [0.1, 0.15) is 19.8 Å². The van der Waals surface area contributed by atoms with E-state index in [1.165, 1.54) is 231 Å². The van der Waals surface area contributed by atoms with Crippen LogP contribution in [0.3, 0.4) is 0 Å². The van der Waals surface area contributed by atoms with Crippen molar-refractivity contribution in [2.45, 2.75) is 322 Å². The van der Waals surface area contributed by atoms with E-state index in [2.05, 4.69) is 38.2 Å². The minimum Gasteiger partial charge on any atom is -0.756 e. The Balaban J connectivity index is 3.87. The molecule has 0 saturated heterocycles. The molecule has 0 N–H and O–H groups in total. The van der Waals surface area contributed by atoms with Gasteiger partial charge in [-0.1, -0.05) is 263 Å². The average Bonchev–Trinajstić information content (AvgIpc) is 3.35. The molecule has 0 rings (SSSR count). The van der Waals surface area contributed by atoms with Crippen LogP contribution in [0.2, 0.25) is 0 Å². The number of rotatable bonds is 59. The van der Waals surface area contributed by atoms with Gasteiger partial charge < -0.3 is 27.9 Å². The van der Waals surface area contributed by atoms with Crippen LogP contribution in [-0.2, 0) is 32.7 Å². The largest absolute Gasteiger partial charge is 0.756 e. The summed E-state index contributed by atoms with van der Waals surface area (Å²) in [4.78, 5) is 37.8. The molecule has 9 nitrogen and oxygen atoms in total. The van der Waals surface area contributed by atoms with Crippen LogP contribution in [0.1, 0.15) is 316 Å². The zero-order valence-corrected chi connectivity index (χ0v) is 50.0. The van der Waals surface area contributed by atoms with Crippen molar-refractivity contribution in [3.8, 4) is 0 Å². The van der Waals surface area contributed by atoms with Gasteiger partial charge in [0.05, 0.1) is 27.7 Å². The SMILES string of the molecule is CCCCC/C=C\CCCCCCCC(=O)OCC(COP(=O)([O-])OCC[N+](C)(C)C)OC(=O)CCCCCCCCCCCCCCCCCCCCCCCCCCC/C=C\CCCCCCCCCC. The van der Waals surface area contributed by atoms with Gasteiger partial charge in [0, 0.05) is 12.8 Å². The number of hydrogen-bond acceptors (Lipinski definition) is 8. The Morgan fingerprint density at radius 3 is 1.04 bits per heavy atom. The first-order valence-corrected chi connectivity index (χ1v) is 33.0. The molecule has 2 unspecified atom stereocenters. The molecule has 0 aliphatic carbocycles. The second-order valence-electron chi connectivity index (χ2n) is 22.8. The molecule has 0 fully saturated rings. The van der Waals surface area contributed by atoms with Gasteiger partial charge in [-0.15, -0.1) is 0 Å². The van der Waals surface area contributed by atoms with Crippen LogP contribution in [0.5, 0.6) is 0 Å². The van der Waals surface area contributed by atoms with Gasteiger partial charge >= 0.3 is 11.9 Å². The minimum atomic E-state index is -4.63. The summed E-state index contributed by atoms with van der Waals surface area (Å²) in [5.74, 6) is -0.830. The number of phosphoric acid groups is 1. The minimum absolute atomic E-state index is 0.0293. The van der Waals surface area contributed by atoms with Gasteiger partial charge in [0.15, 0.2) is 6.10 Å². The summed E-state index contributed by atoms with van der Waals surface area (Å²) >= 11 is 0. The summed E-state index contributed by atoms with van der Waals surface area (Å²) in [6, 6.07) is 0. The van der Waals surface area contributed by atoms with E-state index in [0.29, 0.717) is 17.4 Å². The molecule has 0 aromatic rings. The molecule has 2 atom stereocenters. The summed E-state index contributed by atoms with van der Waals surface area (Å²) in [5.41, 5.74) is 0. The summed E-state index contributed by atoms with van der Waals surface area (Å²) in [6.45, 7) is 4.24. The van der Waals surface area contributed by atoms with Crippen molar-refractivity contribution >= 4 is 19.8 Å². The molecule has 10 heteroatoms. The quantitative estimate of drug-likeness (QED) is 0.0195. The Kier molecular flexibility index (Phi) is 54.1. The molecule has 0 bridgehead atoms. The van der Waals surface area contributed by atoms with Crippen molar-refractivity contribution in [1.82, 2.24) is 0 Å². The Hall–Kier alpha value is -1.51. The lowest BCUT2D eigenvalue weighted by Gasteiger charge is -2.28. The van der Waals surface area contributed by atoms with Crippen LogP contribution in [0.4, 0.5) is 0 Å². The van der Waals surface area contributed by atoms with Gasteiger partial charge in [-0.25, -0.2) is 0 Å². The number of carbonyl (C=O) groups excluding carboxylic acids is 2. The average molecular weight is 1050 g/mol. The third kappa shape index (κ3) is 59.6. The van der Waals surface area contributed by atoms with Gasteiger partial charge in [-0.05, 0) is 64.2 Å². The van der Waals surface area contributed by atoms with E-state index in [4.69, 9.17) is 18.5 Å². The van der Waals surface area contributed by atoms with Crippen LogP contribution in [-0.4, -0.2) is 70.0 Å². The standard InChI is InChI=1S/C63H122NO8P/c1-6-8-10-12-14-16-18-20-21-22-23-24-25-26-27-28-29-30-31-32-33-34-35-36-37-38-39-40-41-42-43-44-46-48-50-52-54-56-63(66)72-61(60-71-73(67,68)70-58-57-64(3,4)5)59-69-62(65)55-53-51-49-47-45-19-17-15-13-11-9-7-2/h15,17,22-23,61H,6-14,16,18-21,24-60H2,1-5H3/b17-15-,23-22-. The molecule has 0 heterocycles. The number of carbonyl (C=O) groups is 2. The maximum atomic E-state index is 12.8. The molecule has 0 aromatic heterocycles. The lowest BCUT2D eigenvalue weighted by molar-refractivity contribution is -0.870. The monoisotopic (exact) mass is 1050 g/mol. The van der Waals surface area contributed by atoms with E-state index in [9.17, 15) is 19.0 Å². The lowest BCUT2D eigenvalue weighted by atomic mass is 10.0. The number of unbranched alkanes of at least 4 members (excludes halogenated alkanes) is 41. The Labute approximate surface area is 453 Å². The van der Waals surface area contributed by atoms with E-state index in [0.717, 1.165) is 51.4 Å². The van der Waals surface area contributed by atoms with Gasteiger partial charge in [-0.2, -0.15) is 0 Å². The molecule has 0 radical (unpaired) electrons. The molecule has 0 saturated carbocycles. The van der Waals surface area contributed by atoms with Crippen molar-refractivity contribution in [2.24, 2.45) is 0 Å². The predicted octanol–water partition coefficient (Wildman–Crippen LogP) is 19.1. The lowest BCUT2D eigenvalue weighted by Crippen LogP contribution is -2.37. The zero-order chi connectivity index (χ0) is 53.5. The van der Waals surface area contributed by atoms with E-state index in [-0.39, 0.29) is 32.0 Å². The van der Waals surface area contributed by atoms with Gasteiger partial charge in [0.25, 0.3) is 7.82 Å². The smallest absolute Gasteiger partial charge is 0.306 e. The Morgan fingerprint density at radius 1 is 0.411 bits per heavy atom. The first-order valence-electron chi connectivity index (χ1n) is 31.5. The number of ether oxygens (including phenoxy) is 2. The molecule has 0 aliphatic heterocycles. The number of hydrogen-bond donors (Lipinski definition) is 0. The second-order valence-corrected chi connectivity index (χ2v) is 24.2. The van der Waals surface area contributed by atoms with Crippen LogP contribution in [0, 0.1) is 0 Å². The third-order valence-electron chi connectivity index (χ3n) is 14.2. The fourth-order valence-electron chi connectivity index (χ4n) is 9.30. The Bertz CT molecular complexity index is 1280. The topological polar surface area (TPSA) is 111 Å². The summed E-state index contributed by atoms with van der Waals surface area (Å²) in [7, 11) is 1.18. The van der Waals surface area contributed by atoms with Crippen LogP contribution >= 0.6 is 7.82 Å². The summed E-state index contributed by atoms with van der Waals surface area (Å²) in [5, 5.41) is 0. The van der Waals surface area contributed by atoms with Gasteiger partial charge in [-0.3, -0.25) is 14.2 Å². The molecule has 0 amide bonds. The molecule has 432 valence electrons. The highest BCUT2D eigenvalue weighted by atomic mass is 31.2. The third-order valence-corrected chi connectivity index (χ3v) is 15.2. The number of likely N-dealkylation sites (N-methyl/N-ethyl adjacent to an activating group) is 1. The van der Waals surface area contributed by atoms with E-state index >= 15 is 0 Å². The number of phosphoric ester groups is 1. The van der Waals surface area contributed by atoms with Crippen LogP contribution < -0.4 is 4.89 Å². The van der Waals surface area contributed by atoms with Crippen molar-refractivity contribution in [2.75, 3.05) is 47.5 Å². The molecular weight excluding hydrogens is 930 g/mol. The van der Waals surface area contributed by atoms with Gasteiger partial charge in [0.2, 0.25) is 0 Å². The number of quaternary nitrogens is 1. The fourth-order valence-corrected chi connectivity index (χ4v) is 10.0. The zero-order valence-electron chi connectivity index (χ0n) is 49.1. The van der Waals surface area contributed by atoms with Crippen LogP contribution in [0.25, 0.3) is 0 Å². The van der Waals surface area contributed by atoms with Crippen molar-refractivity contribution in [1.29, 1.82) is 0 Å². The highest BCUT2D eigenvalue weighted by Gasteiger charge is 2.22. The summed E-state index contributed by atoms with van der Waals surface area (Å²) < 4.78 is 34.1. The molecule has 0 aliphatic rings. The first kappa shape index (κ1) is 71.5. The fraction of sp³-hybridized carbons (Fsp3) is 0.905. The molecular formula is C63H122NO8P. The number of allylic oxidation sites excluding steroid dienone is 4. The molecule has 0 spiro atoms. The van der Waals surface area contributed by atoms with Crippen molar-refractivity contribution in [3.05, 3.63) is 24.3 Å². The van der Waals surface area contributed by atoms with E-state index < -0.39 is 26.5 Å². The van der Waals surface area contributed by atoms with Crippen molar-refractivity contribution in [3.63, 3.8) is 0 Å². The van der Waals surface area contributed by atoms with E-state index in [1.807, 2.05) is 21.1 Å². The summed E-state index contributed by atoms with van der Waals surface area (Å²) in [6.07, 6.45) is 67.0. The molecule has 73 heavy (non-hydrogen) atoms. The van der Waals surface area contributed by atoms with E-state index in [1.54, 1.807) is 0 Å². The first-order chi connectivity index (χ1) is 35.5. The highest BCUT2D eigenvalue weighted by Crippen LogP contribution is 2.38. The molecule has 0 aromatic carbocycles. The maximum Gasteiger partial charge on any atom is 0.306 e. The number of esters is 2. The maximum absolute atomic E-state index is 12.8. The highest BCUT2D eigenvalue weighted by molar-refractivity contribution is 7.45. The van der Waals surface area contributed by atoms with Crippen molar-refractivity contribution < 1.29 is 42.1 Å². The normalized spacial score (nSPS) is 13.3. The predicted molar refractivity (Wildman–Crippen MR) is 310 cm³/mol. The Morgan fingerprint density at radius 2 is 0.699 bits per heavy atom. The number of nitrogens with zero attached hydrogens (tertiary/aromatic N) is 1.